The largest absolute Gasteiger partial charge is 0.492 e. The van der Waals surface area contributed by atoms with Gasteiger partial charge in [0.1, 0.15) is 18.4 Å². The van der Waals surface area contributed by atoms with E-state index >= 15 is 0 Å². The highest BCUT2D eigenvalue weighted by atomic mass is 16.5. The fourth-order valence-corrected chi connectivity index (χ4v) is 2.34. The Hall–Kier alpha value is -2.37. The van der Waals surface area contributed by atoms with Gasteiger partial charge in [-0.3, -0.25) is 9.69 Å². The van der Waals surface area contributed by atoms with Crippen LogP contribution in [-0.4, -0.2) is 38.1 Å². The molecular formula is C18H23N3O2. The first-order chi connectivity index (χ1) is 11.1. The Morgan fingerprint density at radius 3 is 2.35 bits per heavy atom. The fraction of sp³-hybridized carbons (Fsp3) is 0.278. The van der Waals surface area contributed by atoms with E-state index < -0.39 is 0 Å². The minimum Gasteiger partial charge on any atom is -0.492 e. The topological polar surface area (TPSA) is 67.6 Å². The Morgan fingerprint density at radius 1 is 1.13 bits per heavy atom. The predicted octanol–water partition coefficient (Wildman–Crippen LogP) is 2.27. The molecule has 122 valence electrons. The fourth-order valence-electron chi connectivity index (χ4n) is 2.34. The number of hydrogen-bond donors (Lipinski definition) is 2. The summed E-state index contributed by atoms with van der Waals surface area (Å²) in [5.41, 5.74) is 7.09. The quantitative estimate of drug-likeness (QED) is 0.823. The number of nitrogens with two attached hydrogens (primary N) is 1. The van der Waals surface area contributed by atoms with Gasteiger partial charge in [-0.25, -0.2) is 0 Å². The zero-order chi connectivity index (χ0) is 16.7. The molecule has 1 unspecified atom stereocenters. The molecule has 0 radical (unpaired) electrons. The first-order valence-electron chi connectivity index (χ1n) is 7.57. The molecule has 0 saturated heterocycles. The van der Waals surface area contributed by atoms with Crippen molar-refractivity contribution in [3.05, 3.63) is 60.2 Å². The van der Waals surface area contributed by atoms with Crippen molar-refractivity contribution < 1.29 is 9.53 Å². The van der Waals surface area contributed by atoms with E-state index in [1.165, 1.54) is 0 Å². The van der Waals surface area contributed by atoms with Crippen molar-refractivity contribution in [1.29, 1.82) is 0 Å². The van der Waals surface area contributed by atoms with Crippen LogP contribution < -0.4 is 15.8 Å². The number of ether oxygens (including phenoxy) is 1. The third-order valence-corrected chi connectivity index (χ3v) is 3.39. The number of carbonyl (C=O) groups excluding carboxylic acids is 1. The summed E-state index contributed by atoms with van der Waals surface area (Å²) in [6.07, 6.45) is 0. The number of rotatable bonds is 7. The van der Waals surface area contributed by atoms with Gasteiger partial charge in [-0.2, -0.15) is 0 Å². The van der Waals surface area contributed by atoms with Crippen LogP contribution in [0.25, 0.3) is 0 Å². The lowest BCUT2D eigenvalue weighted by molar-refractivity contribution is -0.120. The van der Waals surface area contributed by atoms with Crippen molar-refractivity contribution in [1.82, 2.24) is 4.90 Å². The molecule has 0 heterocycles. The maximum atomic E-state index is 12.6. The molecule has 0 aromatic heterocycles. The van der Waals surface area contributed by atoms with Crippen molar-refractivity contribution in [2.45, 2.75) is 6.04 Å². The van der Waals surface area contributed by atoms with Gasteiger partial charge < -0.3 is 15.8 Å². The van der Waals surface area contributed by atoms with Gasteiger partial charge in [0.05, 0.1) is 0 Å². The summed E-state index contributed by atoms with van der Waals surface area (Å²) in [6.45, 7) is 0.947. The van der Waals surface area contributed by atoms with Gasteiger partial charge in [0.2, 0.25) is 5.91 Å². The molecule has 1 amide bonds. The normalized spacial score (nSPS) is 12.0. The summed E-state index contributed by atoms with van der Waals surface area (Å²) < 4.78 is 5.42. The minimum absolute atomic E-state index is 0.0724. The number of hydrogen-bond acceptors (Lipinski definition) is 4. The summed E-state index contributed by atoms with van der Waals surface area (Å²) in [7, 11) is 3.78. The van der Waals surface area contributed by atoms with Crippen molar-refractivity contribution >= 4 is 11.6 Å². The molecule has 2 aromatic rings. The van der Waals surface area contributed by atoms with E-state index in [-0.39, 0.29) is 11.9 Å². The Balaban J connectivity index is 2.07. The maximum absolute atomic E-state index is 12.6. The molecular weight excluding hydrogens is 290 g/mol. The second-order valence-electron chi connectivity index (χ2n) is 5.43. The molecule has 1 atom stereocenters. The van der Waals surface area contributed by atoms with Gasteiger partial charge in [0.15, 0.2) is 0 Å². The molecule has 23 heavy (non-hydrogen) atoms. The molecule has 0 aliphatic rings. The third-order valence-electron chi connectivity index (χ3n) is 3.39. The van der Waals surface area contributed by atoms with E-state index in [1.54, 1.807) is 0 Å². The lowest BCUT2D eigenvalue weighted by Crippen LogP contribution is -2.32. The molecule has 2 aromatic carbocycles. The lowest BCUT2D eigenvalue weighted by Gasteiger charge is -2.23. The molecule has 0 aliphatic heterocycles. The van der Waals surface area contributed by atoms with Crippen molar-refractivity contribution in [3.8, 4) is 5.75 Å². The lowest BCUT2D eigenvalue weighted by atomic mass is 10.1. The Kier molecular flexibility index (Phi) is 6.14. The van der Waals surface area contributed by atoms with Crippen LogP contribution in [0, 0.1) is 0 Å². The van der Waals surface area contributed by atoms with Crippen molar-refractivity contribution in [2.24, 2.45) is 5.73 Å². The second-order valence-corrected chi connectivity index (χ2v) is 5.43. The summed E-state index contributed by atoms with van der Waals surface area (Å²) in [5, 5.41) is 2.94. The molecule has 0 saturated carbocycles. The van der Waals surface area contributed by atoms with E-state index in [0.29, 0.717) is 13.2 Å². The molecule has 5 nitrogen and oxygen atoms in total. The van der Waals surface area contributed by atoms with Gasteiger partial charge in [0.25, 0.3) is 0 Å². The van der Waals surface area contributed by atoms with Crippen LogP contribution in [-0.2, 0) is 4.79 Å². The van der Waals surface area contributed by atoms with Crippen LogP contribution in [0.5, 0.6) is 5.75 Å². The standard InChI is InChI=1S/C18H23N3O2/c1-21(2)17(14-6-4-3-5-7-14)18(22)20-15-8-10-16(11-9-15)23-13-12-19/h3-11,17H,12-13,19H2,1-2H3,(H,20,22). The van der Waals surface area contributed by atoms with E-state index in [4.69, 9.17) is 10.5 Å². The zero-order valence-corrected chi connectivity index (χ0v) is 13.5. The number of carbonyl (C=O) groups is 1. The highest BCUT2D eigenvalue weighted by Gasteiger charge is 2.22. The van der Waals surface area contributed by atoms with E-state index in [1.807, 2.05) is 73.6 Å². The van der Waals surface area contributed by atoms with Crippen molar-refractivity contribution in [2.75, 3.05) is 32.6 Å². The van der Waals surface area contributed by atoms with Crippen LogP contribution in [0.4, 0.5) is 5.69 Å². The molecule has 0 spiro atoms. The van der Waals surface area contributed by atoms with E-state index in [9.17, 15) is 4.79 Å². The third kappa shape index (κ3) is 4.81. The first kappa shape index (κ1) is 17.0. The average molecular weight is 313 g/mol. The molecule has 0 aliphatic carbocycles. The Bertz CT molecular complexity index is 612. The number of anilines is 1. The number of likely N-dealkylation sites (N-methyl/N-ethyl adjacent to an activating group) is 1. The van der Waals surface area contributed by atoms with E-state index in [2.05, 4.69) is 5.32 Å². The molecule has 0 fully saturated rings. The maximum Gasteiger partial charge on any atom is 0.246 e. The second kappa shape index (κ2) is 8.31. The Labute approximate surface area is 137 Å². The van der Waals surface area contributed by atoms with Crippen LogP contribution in [0.3, 0.4) is 0 Å². The highest BCUT2D eigenvalue weighted by molar-refractivity contribution is 5.95. The molecule has 5 heteroatoms. The number of amides is 1. The summed E-state index contributed by atoms with van der Waals surface area (Å²) >= 11 is 0. The number of benzene rings is 2. The van der Waals surface area contributed by atoms with Crippen LogP contribution in [0.1, 0.15) is 11.6 Å². The molecule has 3 N–H and O–H groups in total. The monoisotopic (exact) mass is 313 g/mol. The van der Waals surface area contributed by atoms with Gasteiger partial charge >= 0.3 is 0 Å². The van der Waals surface area contributed by atoms with Gasteiger partial charge in [0, 0.05) is 12.2 Å². The molecule has 2 rings (SSSR count). The smallest absolute Gasteiger partial charge is 0.246 e. The Morgan fingerprint density at radius 2 is 1.78 bits per heavy atom. The minimum atomic E-state index is -0.343. The predicted molar refractivity (Wildman–Crippen MR) is 92.5 cm³/mol. The van der Waals surface area contributed by atoms with Gasteiger partial charge in [-0.05, 0) is 43.9 Å². The summed E-state index contributed by atoms with van der Waals surface area (Å²) in [5.74, 6) is 0.664. The average Bonchev–Trinajstić information content (AvgIpc) is 2.55. The van der Waals surface area contributed by atoms with E-state index in [0.717, 1.165) is 17.0 Å². The van der Waals surface area contributed by atoms with Crippen molar-refractivity contribution in [3.63, 3.8) is 0 Å². The van der Waals surface area contributed by atoms with Crippen LogP contribution in [0.2, 0.25) is 0 Å². The number of nitrogens with one attached hydrogen (secondary N) is 1. The number of nitrogens with zero attached hydrogens (tertiary/aromatic N) is 1. The SMILES string of the molecule is CN(C)C(C(=O)Nc1ccc(OCCN)cc1)c1ccccc1. The van der Waals surface area contributed by atoms with Gasteiger partial charge in [-0.1, -0.05) is 30.3 Å². The van der Waals surface area contributed by atoms with Gasteiger partial charge in [-0.15, -0.1) is 0 Å². The molecule has 0 bridgehead atoms. The zero-order valence-electron chi connectivity index (χ0n) is 13.5. The first-order valence-corrected chi connectivity index (χ1v) is 7.57. The highest BCUT2D eigenvalue weighted by Crippen LogP contribution is 2.21. The summed E-state index contributed by atoms with van der Waals surface area (Å²) in [4.78, 5) is 14.5. The summed E-state index contributed by atoms with van der Waals surface area (Å²) in [6, 6.07) is 16.6. The van der Waals surface area contributed by atoms with Crippen LogP contribution in [0.15, 0.2) is 54.6 Å². The van der Waals surface area contributed by atoms with Crippen LogP contribution >= 0.6 is 0 Å².